The summed E-state index contributed by atoms with van der Waals surface area (Å²) in [4.78, 5) is 0.244. The Bertz CT molecular complexity index is 662. The van der Waals surface area contributed by atoms with E-state index in [1.807, 2.05) is 30.3 Å². The van der Waals surface area contributed by atoms with Crippen molar-refractivity contribution >= 4 is 33.0 Å². The number of benzene rings is 2. The van der Waals surface area contributed by atoms with E-state index in [2.05, 4.69) is 0 Å². The Morgan fingerprint density at radius 1 is 0.842 bits per heavy atom. The summed E-state index contributed by atoms with van der Waals surface area (Å²) in [5.74, 6) is 0. The molecule has 0 aromatic heterocycles. The van der Waals surface area contributed by atoms with Crippen LogP contribution in [-0.2, 0) is 14.2 Å². The number of halogens is 2. The van der Waals surface area contributed by atoms with Crippen molar-refractivity contribution in [3.05, 3.63) is 65.7 Å². The number of alkyl halides is 2. The second-order valence-electron chi connectivity index (χ2n) is 4.24. The van der Waals surface area contributed by atoms with Crippen LogP contribution in [0.25, 0.3) is 0 Å². The van der Waals surface area contributed by atoms with Gasteiger partial charge in [-0.1, -0.05) is 65.7 Å². The monoisotopic (exact) mass is 314 g/mol. The zero-order valence-electron chi connectivity index (χ0n) is 10.2. The second-order valence-corrected chi connectivity index (χ2v) is 7.58. The predicted molar refractivity (Wildman–Crippen MR) is 78.5 cm³/mol. The van der Waals surface area contributed by atoms with E-state index < -0.39 is 14.2 Å². The van der Waals surface area contributed by atoms with E-state index in [1.54, 1.807) is 12.1 Å². The number of rotatable bonds is 3. The summed E-state index contributed by atoms with van der Waals surface area (Å²) in [5, 5.41) is 0. The van der Waals surface area contributed by atoms with E-state index in [9.17, 15) is 8.42 Å². The maximum absolute atomic E-state index is 11.4. The van der Waals surface area contributed by atoms with E-state index in [4.69, 9.17) is 23.2 Å². The van der Waals surface area contributed by atoms with Crippen LogP contribution in [0.4, 0.5) is 0 Å². The Kier molecular flexibility index (Phi) is 3.90. The maximum atomic E-state index is 11.4. The molecule has 0 amide bonds. The fraction of sp³-hybridized carbons (Fsp3) is 0.143. The number of sulfone groups is 1. The molecular weight excluding hydrogens is 303 g/mol. The molecule has 0 saturated heterocycles. The lowest BCUT2D eigenvalue weighted by Gasteiger charge is -2.20. The molecule has 19 heavy (non-hydrogen) atoms. The average Bonchev–Trinajstić information content (AvgIpc) is 2.39. The molecule has 2 aromatic rings. The molecule has 0 N–H and O–H groups in total. The summed E-state index contributed by atoms with van der Waals surface area (Å²) in [7, 11) is -3.22. The van der Waals surface area contributed by atoms with Gasteiger partial charge >= 0.3 is 0 Å². The van der Waals surface area contributed by atoms with Gasteiger partial charge in [0.2, 0.25) is 0 Å². The van der Waals surface area contributed by atoms with Gasteiger partial charge in [-0.2, -0.15) is 0 Å². The van der Waals surface area contributed by atoms with Crippen LogP contribution in [0.5, 0.6) is 0 Å². The quantitative estimate of drug-likeness (QED) is 0.808. The highest BCUT2D eigenvalue weighted by molar-refractivity contribution is 7.90. The average molecular weight is 315 g/mol. The first-order valence-corrected chi connectivity index (χ1v) is 8.20. The van der Waals surface area contributed by atoms with Gasteiger partial charge in [0.05, 0.1) is 4.90 Å². The summed E-state index contributed by atoms with van der Waals surface area (Å²) in [6.07, 6.45) is 1.16. The van der Waals surface area contributed by atoms with E-state index in [0.29, 0.717) is 5.56 Å². The van der Waals surface area contributed by atoms with Crippen LogP contribution in [0.1, 0.15) is 11.1 Å². The molecule has 0 fully saturated rings. The van der Waals surface area contributed by atoms with E-state index in [0.717, 1.165) is 11.8 Å². The molecule has 0 unspecified atom stereocenters. The van der Waals surface area contributed by atoms with Gasteiger partial charge in [0.15, 0.2) is 14.2 Å². The van der Waals surface area contributed by atoms with E-state index >= 15 is 0 Å². The van der Waals surface area contributed by atoms with Gasteiger partial charge in [0.25, 0.3) is 0 Å². The summed E-state index contributed by atoms with van der Waals surface area (Å²) >= 11 is 12.7. The molecule has 0 spiro atoms. The first-order valence-electron chi connectivity index (χ1n) is 5.56. The Hall–Kier alpha value is -1.03. The van der Waals surface area contributed by atoms with Crippen molar-refractivity contribution in [2.75, 3.05) is 6.26 Å². The van der Waals surface area contributed by atoms with Gasteiger partial charge in [-0.3, -0.25) is 0 Å². The molecule has 2 nitrogen and oxygen atoms in total. The van der Waals surface area contributed by atoms with Gasteiger partial charge in [0, 0.05) is 6.26 Å². The largest absolute Gasteiger partial charge is 0.224 e. The smallest absolute Gasteiger partial charge is 0.175 e. The van der Waals surface area contributed by atoms with Crippen LogP contribution < -0.4 is 0 Å². The maximum Gasteiger partial charge on any atom is 0.175 e. The van der Waals surface area contributed by atoms with Crippen molar-refractivity contribution in [2.24, 2.45) is 0 Å². The van der Waals surface area contributed by atoms with Crippen LogP contribution in [0.3, 0.4) is 0 Å². The van der Waals surface area contributed by atoms with Gasteiger partial charge in [-0.25, -0.2) is 8.42 Å². The molecule has 5 heteroatoms. The molecular formula is C14H12Cl2O2S. The van der Waals surface area contributed by atoms with Gasteiger partial charge < -0.3 is 0 Å². The third-order valence-electron chi connectivity index (χ3n) is 2.78. The van der Waals surface area contributed by atoms with Crippen LogP contribution in [-0.4, -0.2) is 14.7 Å². The molecule has 0 aliphatic rings. The third kappa shape index (κ3) is 3.11. The van der Waals surface area contributed by atoms with Crippen molar-refractivity contribution in [3.63, 3.8) is 0 Å². The van der Waals surface area contributed by atoms with Gasteiger partial charge in [-0.15, -0.1) is 0 Å². The Morgan fingerprint density at radius 2 is 1.32 bits per heavy atom. The summed E-state index contributed by atoms with van der Waals surface area (Å²) in [5.41, 5.74) is 1.37. The minimum absolute atomic E-state index is 0.244. The standard InChI is InChI=1S/C14H12Cl2O2S/c1-19(17,18)13-9-7-12(8-10-13)14(15,16)11-5-3-2-4-6-11/h2-10H,1H3. The molecule has 0 bridgehead atoms. The van der Waals surface area contributed by atoms with Crippen LogP contribution in [0.15, 0.2) is 59.5 Å². The lowest BCUT2D eigenvalue weighted by atomic mass is 10.0. The minimum Gasteiger partial charge on any atom is -0.224 e. The lowest BCUT2D eigenvalue weighted by molar-refractivity contribution is 0.602. The van der Waals surface area contributed by atoms with Gasteiger partial charge in [-0.05, 0) is 23.3 Å². The minimum atomic E-state index is -3.22. The molecule has 2 rings (SSSR count). The van der Waals surface area contributed by atoms with Crippen molar-refractivity contribution in [2.45, 2.75) is 9.23 Å². The first kappa shape index (κ1) is 14.4. The first-order chi connectivity index (χ1) is 8.82. The fourth-order valence-electron chi connectivity index (χ4n) is 1.73. The third-order valence-corrected chi connectivity index (χ3v) is 4.78. The van der Waals surface area contributed by atoms with Crippen molar-refractivity contribution in [1.29, 1.82) is 0 Å². The molecule has 0 aliphatic carbocycles. The zero-order valence-corrected chi connectivity index (χ0v) is 12.5. The summed E-state index contributed by atoms with van der Waals surface area (Å²) in [6, 6.07) is 15.5. The lowest BCUT2D eigenvalue weighted by Crippen LogP contribution is -2.12. The van der Waals surface area contributed by atoms with Crippen LogP contribution in [0.2, 0.25) is 0 Å². The highest BCUT2D eigenvalue weighted by atomic mass is 35.5. The summed E-state index contributed by atoms with van der Waals surface area (Å²) < 4.78 is 21.6. The van der Waals surface area contributed by atoms with Gasteiger partial charge in [0.1, 0.15) is 0 Å². The summed E-state index contributed by atoms with van der Waals surface area (Å²) in [6.45, 7) is 0. The Morgan fingerprint density at radius 3 is 1.79 bits per heavy atom. The molecule has 100 valence electrons. The van der Waals surface area contributed by atoms with E-state index in [1.165, 1.54) is 12.1 Å². The molecule has 0 heterocycles. The fourth-order valence-corrected chi connectivity index (χ4v) is 2.86. The van der Waals surface area contributed by atoms with Crippen LogP contribution >= 0.6 is 23.2 Å². The molecule has 0 radical (unpaired) electrons. The predicted octanol–water partition coefficient (Wildman–Crippen LogP) is 3.77. The molecule has 0 saturated carbocycles. The number of hydrogen-bond acceptors (Lipinski definition) is 2. The number of hydrogen-bond donors (Lipinski definition) is 0. The van der Waals surface area contributed by atoms with E-state index in [-0.39, 0.29) is 4.90 Å². The van der Waals surface area contributed by atoms with Crippen LogP contribution in [0, 0.1) is 0 Å². The molecule has 0 atom stereocenters. The SMILES string of the molecule is CS(=O)(=O)c1ccc(C(Cl)(Cl)c2ccccc2)cc1. The van der Waals surface area contributed by atoms with Crippen molar-refractivity contribution in [1.82, 2.24) is 0 Å². The normalized spacial score (nSPS) is 12.4. The highest BCUT2D eigenvalue weighted by Crippen LogP contribution is 2.40. The Labute approximate surface area is 122 Å². The van der Waals surface area contributed by atoms with Crippen molar-refractivity contribution in [3.8, 4) is 0 Å². The molecule has 2 aromatic carbocycles. The zero-order chi connectivity index (χ0) is 14.1. The second kappa shape index (κ2) is 5.16. The Balaban J connectivity index is 2.43. The topological polar surface area (TPSA) is 34.1 Å². The molecule has 0 aliphatic heterocycles. The van der Waals surface area contributed by atoms with Crippen molar-refractivity contribution < 1.29 is 8.42 Å². The highest BCUT2D eigenvalue weighted by Gasteiger charge is 2.28.